The molecule has 0 bridgehead atoms. The van der Waals surface area contributed by atoms with Gasteiger partial charge in [0.25, 0.3) is 0 Å². The molecule has 1 fully saturated rings. The summed E-state index contributed by atoms with van der Waals surface area (Å²) in [5, 5.41) is 7.21. The number of rotatable bonds is 4. The fraction of sp³-hybridized carbons (Fsp3) is 0.176. The second-order valence-electron chi connectivity index (χ2n) is 5.47. The lowest BCUT2D eigenvalue weighted by Crippen LogP contribution is -2.26. The third kappa shape index (κ3) is 4.36. The maximum absolute atomic E-state index is 13.6. The van der Waals surface area contributed by atoms with Crippen molar-refractivity contribution >= 4 is 44.7 Å². The van der Waals surface area contributed by atoms with E-state index in [4.69, 9.17) is 12.2 Å². The van der Waals surface area contributed by atoms with Crippen LogP contribution in [0.3, 0.4) is 0 Å². The number of hydrogen-bond acceptors (Lipinski definition) is 2. The molecule has 0 heterocycles. The summed E-state index contributed by atoms with van der Waals surface area (Å²) in [5.41, 5.74) is 4.78. The zero-order valence-electron chi connectivity index (χ0n) is 12.5. The zero-order valence-corrected chi connectivity index (χ0v) is 14.9. The number of hydrogen-bond donors (Lipinski definition) is 2. The molecule has 3 nitrogen and oxygen atoms in total. The van der Waals surface area contributed by atoms with E-state index in [0.717, 1.165) is 40.7 Å². The minimum absolute atomic E-state index is 0.0979. The molecule has 0 aromatic heterocycles. The van der Waals surface area contributed by atoms with Crippen LogP contribution in [0.25, 0.3) is 0 Å². The minimum Gasteiger partial charge on any atom is -0.329 e. The first-order valence-corrected chi connectivity index (χ1v) is 8.58. The van der Waals surface area contributed by atoms with Gasteiger partial charge in [0.1, 0.15) is 11.6 Å². The van der Waals surface area contributed by atoms with Crippen molar-refractivity contribution in [3.63, 3.8) is 0 Å². The predicted molar refractivity (Wildman–Crippen MR) is 99.1 cm³/mol. The molecule has 24 heavy (non-hydrogen) atoms. The SMILES string of the molecule is Fc1ccc(NC(=S)N/N=C(\c2ccc(Br)cc2)C2CC2)c(F)c1. The predicted octanol–water partition coefficient (Wildman–Crippen LogP) is 4.83. The number of hydrazone groups is 1. The van der Waals surface area contributed by atoms with E-state index in [1.165, 1.54) is 6.07 Å². The van der Waals surface area contributed by atoms with Gasteiger partial charge in [-0.2, -0.15) is 5.10 Å². The maximum atomic E-state index is 13.6. The summed E-state index contributed by atoms with van der Waals surface area (Å²) in [6.07, 6.45) is 2.17. The Labute approximate surface area is 152 Å². The third-order valence-electron chi connectivity index (χ3n) is 3.56. The van der Waals surface area contributed by atoms with Crippen LogP contribution in [0.4, 0.5) is 14.5 Å². The Balaban J connectivity index is 1.70. The number of nitrogens with one attached hydrogen (secondary N) is 2. The molecule has 0 saturated heterocycles. The van der Waals surface area contributed by atoms with Gasteiger partial charge in [-0.3, -0.25) is 5.43 Å². The van der Waals surface area contributed by atoms with Gasteiger partial charge in [0.2, 0.25) is 0 Å². The topological polar surface area (TPSA) is 36.4 Å². The van der Waals surface area contributed by atoms with Crippen LogP contribution in [-0.4, -0.2) is 10.8 Å². The lowest BCUT2D eigenvalue weighted by molar-refractivity contribution is 0.586. The quantitative estimate of drug-likeness (QED) is 0.431. The van der Waals surface area contributed by atoms with E-state index in [0.29, 0.717) is 5.92 Å². The highest BCUT2D eigenvalue weighted by molar-refractivity contribution is 9.10. The van der Waals surface area contributed by atoms with E-state index in [1.54, 1.807) is 0 Å². The first-order valence-electron chi connectivity index (χ1n) is 7.38. The van der Waals surface area contributed by atoms with Gasteiger partial charge < -0.3 is 5.32 Å². The van der Waals surface area contributed by atoms with Gasteiger partial charge in [0.15, 0.2) is 5.11 Å². The van der Waals surface area contributed by atoms with Crippen molar-refractivity contribution in [3.8, 4) is 0 Å². The van der Waals surface area contributed by atoms with Crippen LogP contribution in [0.1, 0.15) is 18.4 Å². The van der Waals surface area contributed by atoms with E-state index in [-0.39, 0.29) is 10.8 Å². The van der Waals surface area contributed by atoms with Crippen molar-refractivity contribution in [2.75, 3.05) is 5.32 Å². The highest BCUT2D eigenvalue weighted by Gasteiger charge is 2.28. The van der Waals surface area contributed by atoms with Crippen LogP contribution in [0.5, 0.6) is 0 Å². The fourth-order valence-corrected chi connectivity index (χ4v) is 2.64. The smallest absolute Gasteiger partial charge is 0.191 e. The van der Waals surface area contributed by atoms with Crippen LogP contribution in [-0.2, 0) is 0 Å². The van der Waals surface area contributed by atoms with Crippen LogP contribution in [0.15, 0.2) is 52.0 Å². The number of thiocarbonyl (C=S) groups is 1. The number of halogens is 3. The van der Waals surface area contributed by atoms with E-state index in [9.17, 15) is 8.78 Å². The van der Waals surface area contributed by atoms with Gasteiger partial charge in [-0.05, 0) is 54.9 Å². The largest absolute Gasteiger partial charge is 0.329 e. The molecular weight excluding hydrogens is 396 g/mol. The Hall–Kier alpha value is -1.86. The second-order valence-corrected chi connectivity index (χ2v) is 6.79. The molecule has 2 aromatic carbocycles. The van der Waals surface area contributed by atoms with E-state index in [2.05, 4.69) is 31.8 Å². The minimum atomic E-state index is -0.710. The highest BCUT2D eigenvalue weighted by Crippen LogP contribution is 2.33. The Bertz CT molecular complexity index is 789. The number of nitrogens with zero attached hydrogens (tertiary/aromatic N) is 1. The molecule has 7 heteroatoms. The summed E-state index contributed by atoms with van der Waals surface area (Å²) in [5.74, 6) is -0.941. The molecule has 2 aromatic rings. The molecule has 0 amide bonds. The zero-order chi connectivity index (χ0) is 17.1. The lowest BCUT2D eigenvalue weighted by Gasteiger charge is -2.10. The average Bonchev–Trinajstić information content (AvgIpc) is 3.37. The molecule has 0 atom stereocenters. The summed E-state index contributed by atoms with van der Waals surface area (Å²) in [7, 11) is 0. The molecule has 2 N–H and O–H groups in total. The normalized spacial score (nSPS) is 14.4. The van der Waals surface area contributed by atoms with E-state index >= 15 is 0 Å². The molecule has 0 radical (unpaired) electrons. The monoisotopic (exact) mass is 409 g/mol. The van der Waals surface area contributed by atoms with Crippen molar-refractivity contribution in [2.24, 2.45) is 11.0 Å². The second kappa shape index (κ2) is 7.36. The van der Waals surface area contributed by atoms with Gasteiger partial charge >= 0.3 is 0 Å². The molecule has 1 aliphatic carbocycles. The van der Waals surface area contributed by atoms with Crippen LogP contribution < -0.4 is 10.7 Å². The van der Waals surface area contributed by atoms with Gasteiger partial charge in [-0.1, -0.05) is 28.1 Å². The first-order chi connectivity index (χ1) is 11.5. The van der Waals surface area contributed by atoms with Gasteiger partial charge in [0, 0.05) is 16.5 Å². The number of benzene rings is 2. The van der Waals surface area contributed by atoms with Crippen molar-refractivity contribution in [1.82, 2.24) is 5.43 Å². The van der Waals surface area contributed by atoms with Crippen LogP contribution in [0, 0.1) is 17.6 Å². The Kier molecular flexibility index (Phi) is 5.20. The number of anilines is 1. The van der Waals surface area contributed by atoms with Crippen molar-refractivity contribution < 1.29 is 8.78 Å². The third-order valence-corrected chi connectivity index (χ3v) is 4.28. The van der Waals surface area contributed by atoms with Gasteiger partial charge in [-0.15, -0.1) is 0 Å². The van der Waals surface area contributed by atoms with Gasteiger partial charge in [0.05, 0.1) is 11.4 Å². The molecular formula is C17H14BrF2N3S. The Morgan fingerprint density at radius 3 is 2.46 bits per heavy atom. The van der Waals surface area contributed by atoms with E-state index in [1.807, 2.05) is 24.3 Å². The molecule has 1 aliphatic rings. The fourth-order valence-electron chi connectivity index (χ4n) is 2.22. The molecule has 3 rings (SSSR count). The summed E-state index contributed by atoms with van der Waals surface area (Å²) in [6.45, 7) is 0. The Morgan fingerprint density at radius 2 is 1.83 bits per heavy atom. The average molecular weight is 410 g/mol. The molecule has 1 saturated carbocycles. The first kappa shape index (κ1) is 17.0. The van der Waals surface area contributed by atoms with Crippen molar-refractivity contribution in [2.45, 2.75) is 12.8 Å². The summed E-state index contributed by atoms with van der Waals surface area (Å²) >= 11 is 8.54. The van der Waals surface area contributed by atoms with Crippen LogP contribution >= 0.6 is 28.1 Å². The van der Waals surface area contributed by atoms with Gasteiger partial charge in [-0.25, -0.2) is 8.78 Å². The van der Waals surface area contributed by atoms with Crippen molar-refractivity contribution in [1.29, 1.82) is 0 Å². The van der Waals surface area contributed by atoms with Crippen molar-refractivity contribution in [3.05, 3.63) is 64.1 Å². The molecule has 0 aliphatic heterocycles. The van der Waals surface area contributed by atoms with E-state index < -0.39 is 11.6 Å². The lowest BCUT2D eigenvalue weighted by atomic mass is 10.1. The Morgan fingerprint density at radius 1 is 1.12 bits per heavy atom. The summed E-state index contributed by atoms with van der Waals surface area (Å²) in [6, 6.07) is 11.1. The molecule has 0 spiro atoms. The summed E-state index contributed by atoms with van der Waals surface area (Å²) < 4.78 is 27.5. The molecule has 0 unspecified atom stereocenters. The summed E-state index contributed by atoms with van der Waals surface area (Å²) in [4.78, 5) is 0. The standard InChI is InChI=1S/C17H14BrF2N3S/c18-12-5-3-11(4-6-12)16(10-1-2-10)22-23-17(24)21-15-8-7-13(19)9-14(15)20/h3-10H,1-2H2,(H2,21,23,24)/b22-16-. The van der Waals surface area contributed by atoms with Crippen LogP contribution in [0.2, 0.25) is 0 Å². The highest BCUT2D eigenvalue weighted by atomic mass is 79.9. The maximum Gasteiger partial charge on any atom is 0.191 e. The molecule has 124 valence electrons.